The zero-order chi connectivity index (χ0) is 19.3. The summed E-state index contributed by atoms with van der Waals surface area (Å²) < 4.78 is 5.21. The van der Waals surface area contributed by atoms with Crippen LogP contribution in [0, 0.1) is 6.92 Å². The van der Waals surface area contributed by atoms with E-state index in [0.717, 1.165) is 17.1 Å². The van der Waals surface area contributed by atoms with E-state index >= 15 is 0 Å². The fourth-order valence-electron chi connectivity index (χ4n) is 3.15. The van der Waals surface area contributed by atoms with Gasteiger partial charge in [-0.15, -0.1) is 0 Å². The molecule has 0 spiro atoms. The van der Waals surface area contributed by atoms with E-state index in [2.05, 4.69) is 25.2 Å². The third kappa shape index (κ3) is 4.11. The molecule has 0 aromatic carbocycles. The number of hydrogen-bond donors (Lipinski definition) is 1. The standard InChI is InChI=1S/C20H22N6O2/c1-15-12-18(22-14-16-4-2-6-21-13-16)24-20(23-15)26-9-7-25(8-10-26)19(27)17-5-3-11-28-17/h2-6,11-13H,7-10,14H2,1H3,(H,22,23,24). The van der Waals surface area contributed by atoms with Gasteiger partial charge < -0.3 is 19.5 Å². The number of carbonyl (C=O) groups excluding carboxylic acids is 1. The summed E-state index contributed by atoms with van der Waals surface area (Å²) >= 11 is 0. The molecule has 1 saturated heterocycles. The average Bonchev–Trinajstić information content (AvgIpc) is 3.27. The molecule has 1 N–H and O–H groups in total. The summed E-state index contributed by atoms with van der Waals surface area (Å²) in [6.45, 7) is 5.17. The number of aryl methyl sites for hydroxylation is 1. The molecule has 3 aromatic heterocycles. The molecule has 8 heteroatoms. The highest BCUT2D eigenvalue weighted by atomic mass is 16.3. The molecule has 144 valence electrons. The van der Waals surface area contributed by atoms with Crippen molar-refractivity contribution < 1.29 is 9.21 Å². The van der Waals surface area contributed by atoms with Crippen molar-refractivity contribution >= 4 is 17.7 Å². The molecule has 1 aliphatic rings. The molecule has 8 nitrogen and oxygen atoms in total. The number of anilines is 2. The van der Waals surface area contributed by atoms with Gasteiger partial charge >= 0.3 is 0 Å². The van der Waals surface area contributed by atoms with Crippen LogP contribution in [0.2, 0.25) is 0 Å². The van der Waals surface area contributed by atoms with Crippen LogP contribution in [0.5, 0.6) is 0 Å². The second kappa shape index (κ2) is 8.08. The van der Waals surface area contributed by atoms with Gasteiger partial charge in [-0.1, -0.05) is 6.07 Å². The number of carbonyl (C=O) groups is 1. The Hall–Kier alpha value is -3.42. The number of amides is 1. The Bertz CT molecular complexity index is 921. The Morgan fingerprint density at radius 2 is 2.04 bits per heavy atom. The molecule has 1 amide bonds. The van der Waals surface area contributed by atoms with E-state index in [1.807, 2.05) is 31.3 Å². The van der Waals surface area contributed by atoms with Gasteiger partial charge in [0.2, 0.25) is 5.95 Å². The summed E-state index contributed by atoms with van der Waals surface area (Å²) in [5.41, 5.74) is 1.98. The van der Waals surface area contributed by atoms with E-state index in [9.17, 15) is 4.79 Å². The quantitative estimate of drug-likeness (QED) is 0.729. The molecular weight excluding hydrogens is 356 g/mol. The number of aromatic nitrogens is 3. The Kier molecular flexibility index (Phi) is 5.18. The van der Waals surface area contributed by atoms with Crippen molar-refractivity contribution in [3.63, 3.8) is 0 Å². The Labute approximate surface area is 163 Å². The molecule has 0 aliphatic carbocycles. The van der Waals surface area contributed by atoms with Crippen LogP contribution in [0.15, 0.2) is 53.4 Å². The van der Waals surface area contributed by atoms with Crippen molar-refractivity contribution in [3.05, 3.63) is 66.0 Å². The van der Waals surface area contributed by atoms with Crippen molar-refractivity contribution in [2.75, 3.05) is 36.4 Å². The third-order valence-corrected chi connectivity index (χ3v) is 4.62. The number of rotatable bonds is 5. The molecule has 1 aliphatic heterocycles. The van der Waals surface area contributed by atoms with E-state index in [1.54, 1.807) is 23.2 Å². The van der Waals surface area contributed by atoms with Gasteiger partial charge in [0.1, 0.15) is 5.82 Å². The van der Waals surface area contributed by atoms with Crippen LogP contribution in [0.25, 0.3) is 0 Å². The van der Waals surface area contributed by atoms with E-state index in [4.69, 9.17) is 4.42 Å². The Balaban J connectivity index is 1.39. The summed E-state index contributed by atoms with van der Waals surface area (Å²) in [4.78, 5) is 29.7. The van der Waals surface area contributed by atoms with E-state index in [-0.39, 0.29) is 5.91 Å². The SMILES string of the molecule is Cc1cc(NCc2cccnc2)nc(N2CCN(C(=O)c3ccco3)CC2)n1. The Morgan fingerprint density at radius 3 is 2.75 bits per heavy atom. The number of pyridine rings is 1. The maximum atomic E-state index is 12.4. The van der Waals surface area contributed by atoms with Gasteiger partial charge in [-0.2, -0.15) is 4.98 Å². The number of furan rings is 1. The van der Waals surface area contributed by atoms with Crippen molar-refractivity contribution in [3.8, 4) is 0 Å². The van der Waals surface area contributed by atoms with Crippen LogP contribution in [-0.4, -0.2) is 51.9 Å². The first-order chi connectivity index (χ1) is 13.7. The first kappa shape index (κ1) is 18.0. The van der Waals surface area contributed by atoms with E-state index in [1.165, 1.54) is 6.26 Å². The molecule has 0 radical (unpaired) electrons. The molecule has 4 rings (SSSR count). The fourth-order valence-corrected chi connectivity index (χ4v) is 3.15. The van der Waals surface area contributed by atoms with Crippen LogP contribution < -0.4 is 10.2 Å². The van der Waals surface area contributed by atoms with Gasteiger partial charge in [0.25, 0.3) is 5.91 Å². The summed E-state index contributed by atoms with van der Waals surface area (Å²) in [6.07, 6.45) is 5.11. The minimum atomic E-state index is -0.0753. The molecule has 28 heavy (non-hydrogen) atoms. The molecule has 3 aromatic rings. The summed E-state index contributed by atoms with van der Waals surface area (Å²) in [7, 11) is 0. The molecule has 1 fully saturated rings. The minimum absolute atomic E-state index is 0.0753. The summed E-state index contributed by atoms with van der Waals surface area (Å²) in [5, 5.41) is 3.33. The van der Waals surface area contributed by atoms with E-state index < -0.39 is 0 Å². The molecule has 0 atom stereocenters. The van der Waals surface area contributed by atoms with Crippen LogP contribution >= 0.6 is 0 Å². The second-order valence-electron chi connectivity index (χ2n) is 6.67. The molecule has 0 bridgehead atoms. The number of nitrogens with one attached hydrogen (secondary N) is 1. The third-order valence-electron chi connectivity index (χ3n) is 4.62. The van der Waals surface area contributed by atoms with Gasteiger partial charge in [-0.3, -0.25) is 9.78 Å². The van der Waals surface area contributed by atoms with Gasteiger partial charge in [0, 0.05) is 56.9 Å². The van der Waals surface area contributed by atoms with Crippen LogP contribution in [0.3, 0.4) is 0 Å². The predicted octanol–water partition coefficient (Wildman–Crippen LogP) is 2.35. The monoisotopic (exact) mass is 378 g/mol. The summed E-state index contributed by atoms with van der Waals surface area (Å²) in [5.74, 6) is 1.76. The van der Waals surface area contributed by atoms with Crippen LogP contribution in [0.1, 0.15) is 21.8 Å². The molecular formula is C20H22N6O2. The van der Waals surface area contributed by atoms with Crippen LogP contribution in [-0.2, 0) is 6.54 Å². The maximum absolute atomic E-state index is 12.4. The molecule has 4 heterocycles. The average molecular weight is 378 g/mol. The fraction of sp³-hybridized carbons (Fsp3) is 0.300. The largest absolute Gasteiger partial charge is 0.459 e. The van der Waals surface area contributed by atoms with Crippen molar-refractivity contribution in [2.24, 2.45) is 0 Å². The Morgan fingerprint density at radius 1 is 1.18 bits per heavy atom. The van der Waals surface area contributed by atoms with Crippen molar-refractivity contribution in [1.29, 1.82) is 0 Å². The highest BCUT2D eigenvalue weighted by Gasteiger charge is 2.25. The normalized spacial score (nSPS) is 14.2. The topological polar surface area (TPSA) is 87.4 Å². The van der Waals surface area contributed by atoms with Gasteiger partial charge in [-0.25, -0.2) is 4.98 Å². The number of nitrogens with zero attached hydrogens (tertiary/aromatic N) is 5. The first-order valence-electron chi connectivity index (χ1n) is 9.25. The lowest BCUT2D eigenvalue weighted by molar-refractivity contribution is 0.0714. The molecule has 0 saturated carbocycles. The minimum Gasteiger partial charge on any atom is -0.459 e. The lowest BCUT2D eigenvalue weighted by atomic mass is 10.3. The number of piperazine rings is 1. The molecule has 0 unspecified atom stereocenters. The van der Waals surface area contributed by atoms with Crippen LogP contribution in [0.4, 0.5) is 11.8 Å². The number of hydrogen-bond acceptors (Lipinski definition) is 7. The van der Waals surface area contributed by atoms with E-state index in [0.29, 0.717) is 44.4 Å². The first-order valence-corrected chi connectivity index (χ1v) is 9.25. The highest BCUT2D eigenvalue weighted by molar-refractivity contribution is 5.91. The zero-order valence-corrected chi connectivity index (χ0v) is 15.7. The maximum Gasteiger partial charge on any atom is 0.289 e. The second-order valence-corrected chi connectivity index (χ2v) is 6.67. The van der Waals surface area contributed by atoms with Gasteiger partial charge in [0.05, 0.1) is 6.26 Å². The lowest BCUT2D eigenvalue weighted by Crippen LogP contribution is -2.49. The van der Waals surface area contributed by atoms with Gasteiger partial charge in [-0.05, 0) is 30.7 Å². The highest BCUT2D eigenvalue weighted by Crippen LogP contribution is 2.17. The van der Waals surface area contributed by atoms with Crippen molar-refractivity contribution in [2.45, 2.75) is 13.5 Å². The van der Waals surface area contributed by atoms with Crippen molar-refractivity contribution in [1.82, 2.24) is 19.9 Å². The zero-order valence-electron chi connectivity index (χ0n) is 15.7. The predicted molar refractivity (Wildman–Crippen MR) is 105 cm³/mol. The lowest BCUT2D eigenvalue weighted by Gasteiger charge is -2.34. The smallest absolute Gasteiger partial charge is 0.289 e. The van der Waals surface area contributed by atoms with Gasteiger partial charge in [0.15, 0.2) is 5.76 Å². The summed E-state index contributed by atoms with van der Waals surface area (Å²) in [6, 6.07) is 9.28.